The van der Waals surface area contributed by atoms with Crippen LogP contribution in [0.2, 0.25) is 0 Å². The number of hydrogen-bond acceptors (Lipinski definition) is 3. The molecular weight excluding hydrogens is 190 g/mol. The van der Waals surface area contributed by atoms with Gasteiger partial charge in [-0.05, 0) is 26.0 Å². The molecule has 1 aromatic rings. The van der Waals surface area contributed by atoms with Crippen molar-refractivity contribution in [2.45, 2.75) is 13.8 Å². The number of amides is 1. The van der Waals surface area contributed by atoms with Crippen LogP contribution < -0.4 is 10.2 Å². The highest BCUT2D eigenvalue weighted by Crippen LogP contribution is 2.19. The van der Waals surface area contributed by atoms with Crippen LogP contribution in [-0.2, 0) is 4.79 Å². The number of aryl methyl sites for hydroxylation is 2. The van der Waals surface area contributed by atoms with E-state index in [2.05, 4.69) is 10.3 Å². The third-order valence-corrected chi connectivity index (χ3v) is 2.58. The molecule has 0 unspecified atom stereocenters. The standard InChI is InChI=1S/C11H15N3O/c1-8-3-4-10(9(2)13-8)14-6-5-12-7-11(14)15/h3-4,12H,5-7H2,1-2H3. The zero-order valence-corrected chi connectivity index (χ0v) is 9.08. The van der Waals surface area contributed by atoms with E-state index in [1.807, 2.05) is 26.0 Å². The minimum atomic E-state index is 0.120. The van der Waals surface area contributed by atoms with Crippen LogP contribution in [0.25, 0.3) is 0 Å². The van der Waals surface area contributed by atoms with Crippen LogP contribution in [0.1, 0.15) is 11.4 Å². The molecule has 4 nitrogen and oxygen atoms in total. The van der Waals surface area contributed by atoms with E-state index in [4.69, 9.17) is 0 Å². The molecule has 0 radical (unpaired) electrons. The fourth-order valence-electron chi connectivity index (χ4n) is 1.83. The number of piperazine rings is 1. The number of carbonyl (C=O) groups is 1. The second-order valence-corrected chi connectivity index (χ2v) is 3.78. The summed E-state index contributed by atoms with van der Waals surface area (Å²) in [7, 11) is 0. The van der Waals surface area contributed by atoms with Crippen LogP contribution in [-0.4, -0.2) is 30.5 Å². The third-order valence-electron chi connectivity index (χ3n) is 2.58. The molecule has 1 aliphatic rings. The molecule has 0 saturated carbocycles. The number of carbonyl (C=O) groups excluding carboxylic acids is 1. The van der Waals surface area contributed by atoms with Crippen molar-refractivity contribution in [2.24, 2.45) is 0 Å². The molecule has 1 aromatic heterocycles. The maximum atomic E-state index is 11.7. The minimum Gasteiger partial charge on any atom is -0.308 e. The summed E-state index contributed by atoms with van der Waals surface area (Å²) in [6, 6.07) is 3.92. The predicted octanol–water partition coefficient (Wildman–Crippen LogP) is 0.635. The topological polar surface area (TPSA) is 45.2 Å². The zero-order chi connectivity index (χ0) is 10.8. The molecule has 1 aliphatic heterocycles. The SMILES string of the molecule is Cc1ccc(N2CCNCC2=O)c(C)n1. The number of nitrogens with zero attached hydrogens (tertiary/aromatic N) is 2. The van der Waals surface area contributed by atoms with E-state index in [-0.39, 0.29) is 5.91 Å². The van der Waals surface area contributed by atoms with Crippen molar-refractivity contribution < 1.29 is 4.79 Å². The molecule has 1 N–H and O–H groups in total. The predicted molar refractivity (Wildman–Crippen MR) is 58.9 cm³/mol. The first-order valence-electron chi connectivity index (χ1n) is 5.14. The number of hydrogen-bond donors (Lipinski definition) is 1. The second kappa shape index (κ2) is 3.98. The van der Waals surface area contributed by atoms with Gasteiger partial charge in [0.1, 0.15) is 0 Å². The van der Waals surface area contributed by atoms with E-state index in [0.717, 1.165) is 30.2 Å². The van der Waals surface area contributed by atoms with Crippen molar-refractivity contribution in [3.05, 3.63) is 23.5 Å². The number of aromatic nitrogens is 1. The average molecular weight is 205 g/mol. The summed E-state index contributed by atoms with van der Waals surface area (Å²) in [4.78, 5) is 17.8. The van der Waals surface area contributed by atoms with Crippen molar-refractivity contribution >= 4 is 11.6 Å². The van der Waals surface area contributed by atoms with Gasteiger partial charge in [-0.1, -0.05) is 0 Å². The Hall–Kier alpha value is -1.42. The van der Waals surface area contributed by atoms with Gasteiger partial charge in [0.25, 0.3) is 0 Å². The van der Waals surface area contributed by atoms with E-state index in [9.17, 15) is 4.79 Å². The summed E-state index contributed by atoms with van der Waals surface area (Å²) in [5, 5.41) is 3.05. The highest BCUT2D eigenvalue weighted by Gasteiger charge is 2.20. The number of anilines is 1. The van der Waals surface area contributed by atoms with Crippen LogP contribution in [0.15, 0.2) is 12.1 Å². The van der Waals surface area contributed by atoms with Gasteiger partial charge >= 0.3 is 0 Å². The number of pyridine rings is 1. The second-order valence-electron chi connectivity index (χ2n) is 3.78. The van der Waals surface area contributed by atoms with Gasteiger partial charge in [0, 0.05) is 18.8 Å². The molecule has 2 rings (SSSR count). The average Bonchev–Trinajstić information content (AvgIpc) is 2.20. The fraction of sp³-hybridized carbons (Fsp3) is 0.455. The van der Waals surface area contributed by atoms with Gasteiger partial charge in [0.05, 0.1) is 17.9 Å². The Morgan fingerprint density at radius 2 is 2.20 bits per heavy atom. The Morgan fingerprint density at radius 1 is 1.40 bits per heavy atom. The van der Waals surface area contributed by atoms with Gasteiger partial charge in [0.2, 0.25) is 5.91 Å². The van der Waals surface area contributed by atoms with Gasteiger partial charge in [-0.2, -0.15) is 0 Å². The first-order valence-corrected chi connectivity index (χ1v) is 5.14. The highest BCUT2D eigenvalue weighted by atomic mass is 16.2. The van der Waals surface area contributed by atoms with E-state index in [1.54, 1.807) is 4.90 Å². The largest absolute Gasteiger partial charge is 0.308 e. The van der Waals surface area contributed by atoms with Crippen LogP contribution in [0, 0.1) is 13.8 Å². The third kappa shape index (κ3) is 1.99. The van der Waals surface area contributed by atoms with E-state index in [0.29, 0.717) is 6.54 Å². The molecule has 0 aliphatic carbocycles. The van der Waals surface area contributed by atoms with Crippen LogP contribution >= 0.6 is 0 Å². The van der Waals surface area contributed by atoms with Crippen LogP contribution in [0.5, 0.6) is 0 Å². The van der Waals surface area contributed by atoms with Crippen LogP contribution in [0.4, 0.5) is 5.69 Å². The maximum absolute atomic E-state index is 11.7. The molecule has 15 heavy (non-hydrogen) atoms. The Morgan fingerprint density at radius 3 is 2.87 bits per heavy atom. The van der Waals surface area contributed by atoms with E-state index < -0.39 is 0 Å². The summed E-state index contributed by atoms with van der Waals surface area (Å²) in [5.74, 6) is 0.120. The lowest BCUT2D eigenvalue weighted by atomic mass is 10.2. The highest BCUT2D eigenvalue weighted by molar-refractivity contribution is 5.95. The summed E-state index contributed by atoms with van der Waals surface area (Å²) in [6.45, 7) is 5.89. The number of rotatable bonds is 1. The van der Waals surface area contributed by atoms with E-state index in [1.165, 1.54) is 0 Å². The molecule has 1 saturated heterocycles. The monoisotopic (exact) mass is 205 g/mol. The summed E-state index contributed by atoms with van der Waals surface area (Å²) in [5.41, 5.74) is 2.84. The molecule has 0 atom stereocenters. The molecule has 80 valence electrons. The fourth-order valence-corrected chi connectivity index (χ4v) is 1.83. The molecule has 0 bridgehead atoms. The smallest absolute Gasteiger partial charge is 0.241 e. The Balaban J connectivity index is 2.31. The minimum absolute atomic E-state index is 0.120. The quantitative estimate of drug-likeness (QED) is 0.731. The van der Waals surface area contributed by atoms with Gasteiger partial charge in [-0.15, -0.1) is 0 Å². The van der Waals surface area contributed by atoms with Gasteiger partial charge in [-0.3, -0.25) is 9.78 Å². The van der Waals surface area contributed by atoms with E-state index >= 15 is 0 Å². The molecule has 0 spiro atoms. The van der Waals surface area contributed by atoms with Crippen LogP contribution in [0.3, 0.4) is 0 Å². The van der Waals surface area contributed by atoms with Crippen molar-refractivity contribution in [1.82, 2.24) is 10.3 Å². The molecule has 2 heterocycles. The van der Waals surface area contributed by atoms with Crippen molar-refractivity contribution in [3.63, 3.8) is 0 Å². The summed E-state index contributed by atoms with van der Waals surface area (Å²) < 4.78 is 0. The summed E-state index contributed by atoms with van der Waals surface area (Å²) in [6.07, 6.45) is 0. The van der Waals surface area contributed by atoms with Gasteiger partial charge < -0.3 is 10.2 Å². The Kier molecular flexibility index (Phi) is 2.68. The van der Waals surface area contributed by atoms with Crippen molar-refractivity contribution in [2.75, 3.05) is 24.5 Å². The number of nitrogens with one attached hydrogen (secondary N) is 1. The molecule has 0 aromatic carbocycles. The Bertz CT molecular complexity index is 389. The molecular formula is C11H15N3O. The first kappa shape index (κ1) is 10.1. The maximum Gasteiger partial charge on any atom is 0.241 e. The first-order chi connectivity index (χ1) is 7.18. The normalized spacial score (nSPS) is 16.9. The van der Waals surface area contributed by atoms with Gasteiger partial charge in [0.15, 0.2) is 0 Å². The zero-order valence-electron chi connectivity index (χ0n) is 9.08. The lowest BCUT2D eigenvalue weighted by Gasteiger charge is -2.28. The van der Waals surface area contributed by atoms with Gasteiger partial charge in [-0.25, -0.2) is 0 Å². The Labute approximate surface area is 89.3 Å². The lowest BCUT2D eigenvalue weighted by Crippen LogP contribution is -2.48. The molecule has 1 fully saturated rings. The van der Waals surface area contributed by atoms with Crippen molar-refractivity contribution in [1.29, 1.82) is 0 Å². The molecule has 4 heteroatoms. The summed E-state index contributed by atoms with van der Waals surface area (Å²) >= 11 is 0. The lowest BCUT2D eigenvalue weighted by molar-refractivity contribution is -0.118. The van der Waals surface area contributed by atoms with Crippen molar-refractivity contribution in [3.8, 4) is 0 Å². The molecule has 1 amide bonds.